The highest BCUT2D eigenvalue weighted by atomic mass is 35.5. The van der Waals surface area contributed by atoms with Gasteiger partial charge in [-0.25, -0.2) is 4.98 Å². The molecule has 0 bridgehead atoms. The maximum Gasteiger partial charge on any atom is 0.228 e. The molecular formula is C27H32ClN5O. The van der Waals surface area contributed by atoms with Gasteiger partial charge in [0, 0.05) is 42.3 Å². The molecule has 1 saturated heterocycles. The number of fused-ring (bicyclic) bond motifs is 2. The molecule has 1 unspecified atom stereocenters. The second-order valence-electron chi connectivity index (χ2n) is 9.87. The number of pyridine rings is 2. The molecule has 2 fully saturated rings. The van der Waals surface area contributed by atoms with Crippen LogP contribution >= 0.6 is 12.4 Å². The number of nitrogens with two attached hydrogens (primary N) is 1. The fourth-order valence-electron chi connectivity index (χ4n) is 5.36. The van der Waals surface area contributed by atoms with Crippen molar-refractivity contribution in [2.45, 2.75) is 57.4 Å². The van der Waals surface area contributed by atoms with Gasteiger partial charge in [0.05, 0.1) is 11.2 Å². The lowest BCUT2D eigenvalue weighted by Crippen LogP contribution is -2.27. The molecule has 3 heterocycles. The largest absolute Gasteiger partial charge is 0.369 e. The van der Waals surface area contributed by atoms with Crippen molar-refractivity contribution in [3.8, 4) is 11.1 Å². The summed E-state index contributed by atoms with van der Waals surface area (Å²) in [6.45, 7) is 1.91. The van der Waals surface area contributed by atoms with Gasteiger partial charge < -0.3 is 16.0 Å². The van der Waals surface area contributed by atoms with Crippen LogP contribution in [0.15, 0.2) is 36.5 Å². The molecule has 178 valence electrons. The average Bonchev–Trinajstić information content (AvgIpc) is 3.62. The number of hydrogen-bond donors (Lipinski definition) is 2. The van der Waals surface area contributed by atoms with E-state index < -0.39 is 0 Å². The summed E-state index contributed by atoms with van der Waals surface area (Å²) in [6.07, 6.45) is 10.6. The standard InChI is InChI=1S/C27H31N5O.ClH/c28-20-11-13-32(16-20)26-21-4-2-1-3-5-23(21)30-24-9-8-18(14-22(24)26)19-10-12-29-25(15-19)31-27(33)17-6-7-17;/h8-10,12,14-15,17,20H,1-7,11,13,16,28H2,(H,29,31,33);1H. The minimum Gasteiger partial charge on any atom is -0.369 e. The van der Waals surface area contributed by atoms with E-state index in [9.17, 15) is 4.79 Å². The van der Waals surface area contributed by atoms with Crippen LogP contribution in [0.3, 0.4) is 0 Å². The third-order valence-corrected chi connectivity index (χ3v) is 7.32. The van der Waals surface area contributed by atoms with Crippen molar-refractivity contribution in [2.24, 2.45) is 11.7 Å². The number of hydrogen-bond acceptors (Lipinski definition) is 5. The number of aromatic nitrogens is 2. The lowest BCUT2D eigenvalue weighted by Gasteiger charge is -2.25. The Hall–Kier alpha value is -2.70. The highest BCUT2D eigenvalue weighted by Crippen LogP contribution is 2.39. The second kappa shape index (κ2) is 9.51. The summed E-state index contributed by atoms with van der Waals surface area (Å²) in [5, 5.41) is 4.19. The molecule has 0 radical (unpaired) electrons. The highest BCUT2D eigenvalue weighted by Gasteiger charge is 2.30. The Morgan fingerprint density at radius 3 is 2.65 bits per heavy atom. The fourth-order valence-corrected chi connectivity index (χ4v) is 5.36. The summed E-state index contributed by atoms with van der Waals surface area (Å²) in [5.74, 6) is 0.861. The Kier molecular flexibility index (Phi) is 6.45. The van der Waals surface area contributed by atoms with Gasteiger partial charge in [-0.3, -0.25) is 9.78 Å². The minimum atomic E-state index is 0. The zero-order valence-corrected chi connectivity index (χ0v) is 20.2. The van der Waals surface area contributed by atoms with Crippen LogP contribution in [-0.2, 0) is 17.6 Å². The van der Waals surface area contributed by atoms with E-state index in [1.54, 1.807) is 6.20 Å². The monoisotopic (exact) mass is 477 g/mol. The van der Waals surface area contributed by atoms with Crippen molar-refractivity contribution in [3.05, 3.63) is 47.8 Å². The first-order chi connectivity index (χ1) is 16.2. The number of carbonyl (C=O) groups excluding carboxylic acids is 1. The van der Waals surface area contributed by atoms with Crippen LogP contribution in [0.2, 0.25) is 0 Å². The van der Waals surface area contributed by atoms with Crippen LogP contribution in [0.4, 0.5) is 11.5 Å². The van der Waals surface area contributed by atoms with Gasteiger partial charge in [0.2, 0.25) is 5.91 Å². The van der Waals surface area contributed by atoms with E-state index in [-0.39, 0.29) is 30.3 Å². The van der Waals surface area contributed by atoms with Crippen molar-refractivity contribution >= 4 is 40.7 Å². The molecule has 0 spiro atoms. The Bertz CT molecular complexity index is 1230. The summed E-state index contributed by atoms with van der Waals surface area (Å²) in [7, 11) is 0. The summed E-state index contributed by atoms with van der Waals surface area (Å²) < 4.78 is 0. The predicted molar refractivity (Wildman–Crippen MR) is 140 cm³/mol. The Balaban J connectivity index is 0.00000241. The minimum absolute atomic E-state index is 0. The molecule has 3 aromatic rings. The second-order valence-corrected chi connectivity index (χ2v) is 9.87. The molecule has 7 heteroatoms. The smallest absolute Gasteiger partial charge is 0.228 e. The maximum atomic E-state index is 12.2. The van der Waals surface area contributed by atoms with Gasteiger partial charge in [-0.05, 0) is 85.9 Å². The van der Waals surface area contributed by atoms with E-state index in [1.165, 1.54) is 41.6 Å². The quantitative estimate of drug-likeness (QED) is 0.523. The van der Waals surface area contributed by atoms with E-state index in [0.29, 0.717) is 5.82 Å². The van der Waals surface area contributed by atoms with Gasteiger partial charge in [-0.2, -0.15) is 0 Å². The average molecular weight is 478 g/mol. The molecule has 1 atom stereocenters. The molecule has 6 rings (SSSR count). The van der Waals surface area contributed by atoms with Crippen LogP contribution in [0.1, 0.15) is 49.8 Å². The molecule has 3 N–H and O–H groups in total. The molecule has 34 heavy (non-hydrogen) atoms. The van der Waals surface area contributed by atoms with Crippen LogP contribution in [0.5, 0.6) is 0 Å². The fraction of sp³-hybridized carbons (Fsp3) is 0.444. The van der Waals surface area contributed by atoms with Gasteiger partial charge >= 0.3 is 0 Å². The first-order valence-corrected chi connectivity index (χ1v) is 12.4. The summed E-state index contributed by atoms with van der Waals surface area (Å²) in [6, 6.07) is 10.8. The number of benzene rings is 1. The van der Waals surface area contributed by atoms with Gasteiger partial charge in [0.1, 0.15) is 5.82 Å². The normalized spacial score (nSPS) is 19.9. The summed E-state index contributed by atoms with van der Waals surface area (Å²) >= 11 is 0. The first kappa shape index (κ1) is 23.1. The number of carbonyl (C=O) groups is 1. The number of rotatable bonds is 4. The van der Waals surface area contributed by atoms with Crippen molar-refractivity contribution in [1.29, 1.82) is 0 Å². The number of aryl methyl sites for hydroxylation is 1. The molecule has 2 aliphatic carbocycles. The van der Waals surface area contributed by atoms with E-state index in [0.717, 1.165) is 61.8 Å². The predicted octanol–water partition coefficient (Wildman–Crippen LogP) is 4.87. The number of nitrogens with zero attached hydrogens (tertiary/aromatic N) is 3. The van der Waals surface area contributed by atoms with E-state index in [1.807, 2.05) is 12.1 Å². The third-order valence-electron chi connectivity index (χ3n) is 7.32. The zero-order chi connectivity index (χ0) is 22.4. The lowest BCUT2D eigenvalue weighted by molar-refractivity contribution is -0.117. The Morgan fingerprint density at radius 2 is 1.85 bits per heavy atom. The van der Waals surface area contributed by atoms with Crippen LogP contribution < -0.4 is 16.0 Å². The third kappa shape index (κ3) is 4.49. The number of halogens is 1. The van der Waals surface area contributed by atoms with Crippen molar-refractivity contribution in [3.63, 3.8) is 0 Å². The van der Waals surface area contributed by atoms with Crippen molar-refractivity contribution in [2.75, 3.05) is 23.3 Å². The number of anilines is 2. The highest BCUT2D eigenvalue weighted by molar-refractivity contribution is 5.98. The molecule has 1 amide bonds. The molecule has 3 aliphatic rings. The van der Waals surface area contributed by atoms with Gasteiger partial charge in [0.25, 0.3) is 0 Å². The molecule has 1 aromatic carbocycles. The van der Waals surface area contributed by atoms with Crippen LogP contribution in [0, 0.1) is 5.92 Å². The van der Waals surface area contributed by atoms with Gasteiger partial charge in [-0.15, -0.1) is 12.4 Å². The van der Waals surface area contributed by atoms with Gasteiger partial charge in [0.15, 0.2) is 0 Å². The summed E-state index contributed by atoms with van der Waals surface area (Å²) in [5.41, 5.74) is 13.6. The van der Waals surface area contributed by atoms with Crippen LogP contribution in [0.25, 0.3) is 22.0 Å². The number of amides is 1. The Labute approximate surface area is 206 Å². The zero-order valence-electron chi connectivity index (χ0n) is 19.4. The van der Waals surface area contributed by atoms with E-state index >= 15 is 0 Å². The lowest BCUT2D eigenvalue weighted by atomic mass is 9.97. The first-order valence-electron chi connectivity index (χ1n) is 12.4. The van der Waals surface area contributed by atoms with Crippen molar-refractivity contribution in [1.82, 2.24) is 9.97 Å². The summed E-state index contributed by atoms with van der Waals surface area (Å²) in [4.78, 5) is 24.2. The maximum absolute atomic E-state index is 12.2. The van der Waals surface area contributed by atoms with E-state index in [2.05, 4.69) is 33.4 Å². The topological polar surface area (TPSA) is 84.1 Å². The molecular weight excluding hydrogens is 446 g/mol. The van der Waals surface area contributed by atoms with Crippen LogP contribution in [-0.4, -0.2) is 35.0 Å². The molecule has 1 aliphatic heterocycles. The van der Waals surface area contributed by atoms with E-state index in [4.69, 9.17) is 10.7 Å². The van der Waals surface area contributed by atoms with Crippen molar-refractivity contribution < 1.29 is 4.79 Å². The molecule has 1 saturated carbocycles. The Morgan fingerprint density at radius 1 is 1.03 bits per heavy atom. The molecule has 6 nitrogen and oxygen atoms in total. The SMILES string of the molecule is Cl.NC1CCN(c2c3c(nc4ccc(-c5ccnc(NC(=O)C6CC6)c5)cc24)CCCCC3)C1. The number of nitrogens with one attached hydrogen (secondary N) is 1. The molecule has 2 aromatic heterocycles. The van der Waals surface area contributed by atoms with Gasteiger partial charge in [-0.1, -0.05) is 12.5 Å².